The van der Waals surface area contributed by atoms with Gasteiger partial charge in [0.25, 0.3) is 5.56 Å². The molecule has 22 heavy (non-hydrogen) atoms. The summed E-state index contributed by atoms with van der Waals surface area (Å²) in [5, 5.41) is 0. The third-order valence-electron chi connectivity index (χ3n) is 3.71. The van der Waals surface area contributed by atoms with E-state index in [2.05, 4.69) is 4.98 Å². The van der Waals surface area contributed by atoms with Crippen molar-refractivity contribution in [2.75, 3.05) is 0 Å². The number of aryl methyl sites for hydroxylation is 2. The quantitative estimate of drug-likeness (QED) is 0.766. The van der Waals surface area contributed by atoms with E-state index >= 15 is 0 Å². The van der Waals surface area contributed by atoms with Crippen molar-refractivity contribution in [1.29, 1.82) is 0 Å². The average molecular weight is 306 g/mol. The maximum Gasteiger partial charge on any atom is 0.332 e. The average Bonchev–Trinajstić information content (AvgIpc) is 2.90. The third-order valence-corrected chi connectivity index (χ3v) is 3.71. The standard InChI is InChI=1S/C15H22N4O3/c1-4-6-11(20)7-9-19-14(21)12-13(17(3)15(19)22)16-10-18(12)8-5-2/h10H,4-9H2,1-3H3. The molecule has 0 aliphatic carbocycles. The molecule has 2 aromatic rings. The number of nitrogens with zero attached hydrogens (tertiary/aromatic N) is 4. The Morgan fingerprint density at radius 1 is 1.14 bits per heavy atom. The Kier molecular flexibility index (Phi) is 4.95. The number of hydrogen-bond acceptors (Lipinski definition) is 4. The van der Waals surface area contributed by atoms with Crippen molar-refractivity contribution >= 4 is 16.9 Å². The molecule has 2 rings (SSSR count). The normalized spacial score (nSPS) is 11.2. The molecule has 0 spiro atoms. The number of Topliss-reactive ketones (excluding diaryl/α,β-unsaturated/α-hetero) is 1. The van der Waals surface area contributed by atoms with Crippen molar-refractivity contribution < 1.29 is 4.79 Å². The van der Waals surface area contributed by atoms with Crippen LogP contribution >= 0.6 is 0 Å². The lowest BCUT2D eigenvalue weighted by Crippen LogP contribution is -2.40. The van der Waals surface area contributed by atoms with Crippen LogP contribution in [-0.2, 0) is 24.9 Å². The van der Waals surface area contributed by atoms with Crippen LogP contribution in [0.15, 0.2) is 15.9 Å². The fraction of sp³-hybridized carbons (Fsp3) is 0.600. The monoisotopic (exact) mass is 306 g/mol. The summed E-state index contributed by atoms with van der Waals surface area (Å²) in [5.41, 5.74) is 0.0170. The molecule has 2 aromatic heterocycles. The van der Waals surface area contributed by atoms with E-state index < -0.39 is 5.69 Å². The van der Waals surface area contributed by atoms with Gasteiger partial charge in [-0.25, -0.2) is 9.78 Å². The fourth-order valence-corrected chi connectivity index (χ4v) is 2.57. The summed E-state index contributed by atoms with van der Waals surface area (Å²) in [5.74, 6) is 0.0682. The number of hydrogen-bond donors (Lipinski definition) is 0. The maximum absolute atomic E-state index is 12.6. The minimum atomic E-state index is -0.427. The smallest absolute Gasteiger partial charge is 0.325 e. The van der Waals surface area contributed by atoms with Crippen molar-refractivity contribution in [2.24, 2.45) is 7.05 Å². The van der Waals surface area contributed by atoms with E-state index in [1.807, 2.05) is 13.8 Å². The minimum absolute atomic E-state index is 0.0682. The summed E-state index contributed by atoms with van der Waals surface area (Å²) in [7, 11) is 1.59. The third kappa shape index (κ3) is 2.88. The van der Waals surface area contributed by atoms with Crippen LogP contribution in [-0.4, -0.2) is 24.5 Å². The molecule has 0 saturated carbocycles. The van der Waals surface area contributed by atoms with Crippen LogP contribution in [0.4, 0.5) is 0 Å². The van der Waals surface area contributed by atoms with Gasteiger partial charge >= 0.3 is 5.69 Å². The molecular formula is C15H22N4O3. The largest absolute Gasteiger partial charge is 0.332 e. The predicted octanol–water partition coefficient (Wildman–Crippen LogP) is 1.07. The molecule has 7 nitrogen and oxygen atoms in total. The SMILES string of the molecule is CCCC(=O)CCn1c(=O)c2c(ncn2CCC)n(C)c1=O. The Bertz CT molecular complexity index is 797. The molecular weight excluding hydrogens is 284 g/mol. The lowest BCUT2D eigenvalue weighted by molar-refractivity contribution is -0.119. The van der Waals surface area contributed by atoms with Crippen molar-refractivity contribution in [3.63, 3.8) is 0 Å². The Hall–Kier alpha value is -2.18. The molecule has 0 N–H and O–H groups in total. The van der Waals surface area contributed by atoms with Crippen molar-refractivity contribution in [3.8, 4) is 0 Å². The van der Waals surface area contributed by atoms with Crippen molar-refractivity contribution in [2.45, 2.75) is 52.6 Å². The van der Waals surface area contributed by atoms with E-state index in [-0.39, 0.29) is 24.3 Å². The summed E-state index contributed by atoms with van der Waals surface area (Å²) in [6.45, 7) is 4.73. The topological polar surface area (TPSA) is 78.9 Å². The number of ketones is 1. The summed E-state index contributed by atoms with van der Waals surface area (Å²) >= 11 is 0. The van der Waals surface area contributed by atoms with Gasteiger partial charge in [0.05, 0.1) is 6.33 Å². The van der Waals surface area contributed by atoms with Gasteiger partial charge in [-0.05, 0) is 12.8 Å². The lowest BCUT2D eigenvalue weighted by Gasteiger charge is -2.09. The second-order valence-electron chi connectivity index (χ2n) is 5.45. The summed E-state index contributed by atoms with van der Waals surface area (Å²) < 4.78 is 4.28. The first-order valence-electron chi connectivity index (χ1n) is 7.67. The molecule has 0 unspecified atom stereocenters. The van der Waals surface area contributed by atoms with E-state index in [0.29, 0.717) is 24.1 Å². The lowest BCUT2D eigenvalue weighted by atomic mass is 10.2. The molecule has 0 fully saturated rings. The highest BCUT2D eigenvalue weighted by Crippen LogP contribution is 2.06. The van der Waals surface area contributed by atoms with E-state index in [4.69, 9.17) is 0 Å². The molecule has 7 heteroatoms. The Morgan fingerprint density at radius 3 is 2.50 bits per heavy atom. The highest BCUT2D eigenvalue weighted by molar-refractivity contribution is 5.78. The minimum Gasteiger partial charge on any atom is -0.325 e. The zero-order valence-corrected chi connectivity index (χ0v) is 13.3. The number of carbonyl (C=O) groups is 1. The molecule has 0 atom stereocenters. The van der Waals surface area contributed by atoms with Crippen LogP contribution in [0.2, 0.25) is 0 Å². The first kappa shape index (κ1) is 16.2. The molecule has 0 bridgehead atoms. The second-order valence-corrected chi connectivity index (χ2v) is 5.45. The Morgan fingerprint density at radius 2 is 1.86 bits per heavy atom. The molecule has 0 saturated heterocycles. The van der Waals surface area contributed by atoms with E-state index in [0.717, 1.165) is 17.4 Å². The van der Waals surface area contributed by atoms with Crippen LogP contribution in [0.5, 0.6) is 0 Å². The van der Waals surface area contributed by atoms with E-state index in [9.17, 15) is 14.4 Å². The highest BCUT2D eigenvalue weighted by atomic mass is 16.2. The van der Waals surface area contributed by atoms with Crippen LogP contribution in [0.1, 0.15) is 39.5 Å². The van der Waals surface area contributed by atoms with Gasteiger partial charge < -0.3 is 4.57 Å². The van der Waals surface area contributed by atoms with Gasteiger partial charge in [-0.3, -0.25) is 18.7 Å². The van der Waals surface area contributed by atoms with Crippen molar-refractivity contribution in [3.05, 3.63) is 27.2 Å². The number of imidazole rings is 1. The zero-order chi connectivity index (χ0) is 16.3. The molecule has 0 amide bonds. The van der Waals surface area contributed by atoms with E-state index in [1.54, 1.807) is 17.9 Å². The van der Waals surface area contributed by atoms with Gasteiger partial charge in [-0.15, -0.1) is 0 Å². The molecule has 0 aromatic carbocycles. The summed E-state index contributed by atoms with van der Waals surface area (Å²) in [6.07, 6.45) is 3.90. The van der Waals surface area contributed by atoms with Crippen LogP contribution < -0.4 is 11.2 Å². The first-order valence-corrected chi connectivity index (χ1v) is 7.67. The number of carbonyl (C=O) groups excluding carboxylic acids is 1. The predicted molar refractivity (Wildman–Crippen MR) is 84.1 cm³/mol. The summed E-state index contributed by atoms with van der Waals surface area (Å²) in [6, 6.07) is 0. The Balaban J connectivity index is 2.50. The second kappa shape index (κ2) is 6.72. The summed E-state index contributed by atoms with van der Waals surface area (Å²) in [4.78, 5) is 40.7. The van der Waals surface area contributed by atoms with Gasteiger partial charge in [0.1, 0.15) is 5.78 Å². The zero-order valence-electron chi connectivity index (χ0n) is 13.3. The molecule has 120 valence electrons. The van der Waals surface area contributed by atoms with Crippen molar-refractivity contribution in [1.82, 2.24) is 18.7 Å². The molecule has 0 aliphatic rings. The molecule has 0 aliphatic heterocycles. The fourth-order valence-electron chi connectivity index (χ4n) is 2.57. The number of fused-ring (bicyclic) bond motifs is 1. The van der Waals surface area contributed by atoms with Crippen LogP contribution in [0, 0.1) is 0 Å². The molecule has 0 radical (unpaired) electrons. The molecule has 2 heterocycles. The van der Waals surface area contributed by atoms with Gasteiger partial charge in [0.2, 0.25) is 0 Å². The maximum atomic E-state index is 12.6. The van der Waals surface area contributed by atoms with Gasteiger partial charge in [-0.2, -0.15) is 0 Å². The van der Waals surface area contributed by atoms with Gasteiger partial charge in [0.15, 0.2) is 11.2 Å². The van der Waals surface area contributed by atoms with Crippen LogP contribution in [0.25, 0.3) is 11.2 Å². The van der Waals surface area contributed by atoms with Gasteiger partial charge in [0, 0.05) is 33.0 Å². The Labute approximate surface area is 128 Å². The van der Waals surface area contributed by atoms with E-state index in [1.165, 1.54) is 4.57 Å². The first-order chi connectivity index (χ1) is 10.5. The number of aromatic nitrogens is 4. The highest BCUT2D eigenvalue weighted by Gasteiger charge is 2.16. The van der Waals surface area contributed by atoms with Gasteiger partial charge in [-0.1, -0.05) is 13.8 Å². The number of rotatable bonds is 7. The van der Waals surface area contributed by atoms with Crippen LogP contribution in [0.3, 0.4) is 0 Å².